The van der Waals surface area contributed by atoms with Crippen LogP contribution in [0.4, 0.5) is 5.69 Å². The van der Waals surface area contributed by atoms with Gasteiger partial charge in [0.15, 0.2) is 0 Å². The van der Waals surface area contributed by atoms with Crippen LogP contribution in [0.25, 0.3) is 0 Å². The number of benzene rings is 1. The van der Waals surface area contributed by atoms with E-state index in [1.165, 1.54) is 19.4 Å². The van der Waals surface area contributed by atoms with E-state index in [0.29, 0.717) is 12.6 Å². The summed E-state index contributed by atoms with van der Waals surface area (Å²) >= 11 is 0. The second-order valence-electron chi connectivity index (χ2n) is 6.01. The number of carbonyl (C=O) groups is 1. The molecule has 1 aliphatic heterocycles. The van der Waals surface area contributed by atoms with E-state index in [9.17, 15) is 4.79 Å². The Labute approximate surface area is 120 Å². The third-order valence-electron chi connectivity index (χ3n) is 4.14. The van der Waals surface area contributed by atoms with Crippen LogP contribution in [0, 0.1) is 6.92 Å². The van der Waals surface area contributed by atoms with Gasteiger partial charge in [-0.2, -0.15) is 0 Å². The summed E-state index contributed by atoms with van der Waals surface area (Å²) in [6, 6.07) is 9.21. The molecule has 1 aliphatic carbocycles. The van der Waals surface area contributed by atoms with Crippen molar-refractivity contribution in [2.45, 2.75) is 38.3 Å². The standard InChI is InChI=1S/C16H23N3O/c1-12-3-2-4-13(9-12)18-16(20)10-17-14-7-8-19(11-14)15-5-6-15/h2-4,9,14-15,17H,5-8,10-11H2,1H3,(H,18,20). The zero-order chi connectivity index (χ0) is 13.9. The highest BCUT2D eigenvalue weighted by atomic mass is 16.1. The molecule has 1 aromatic carbocycles. The third-order valence-corrected chi connectivity index (χ3v) is 4.14. The van der Waals surface area contributed by atoms with Crippen molar-refractivity contribution in [2.24, 2.45) is 0 Å². The second-order valence-corrected chi connectivity index (χ2v) is 6.01. The average Bonchev–Trinajstić information content (AvgIpc) is 3.16. The summed E-state index contributed by atoms with van der Waals surface area (Å²) in [7, 11) is 0. The first kappa shape index (κ1) is 13.6. The molecular weight excluding hydrogens is 250 g/mol. The van der Waals surface area contributed by atoms with Gasteiger partial charge in [-0.05, 0) is 43.9 Å². The highest BCUT2D eigenvalue weighted by Crippen LogP contribution is 2.29. The fraction of sp³-hybridized carbons (Fsp3) is 0.562. The van der Waals surface area contributed by atoms with Gasteiger partial charge >= 0.3 is 0 Å². The summed E-state index contributed by atoms with van der Waals surface area (Å²) in [5, 5.41) is 6.31. The van der Waals surface area contributed by atoms with E-state index in [4.69, 9.17) is 0 Å². The van der Waals surface area contributed by atoms with Crippen molar-refractivity contribution in [3.63, 3.8) is 0 Å². The summed E-state index contributed by atoms with van der Waals surface area (Å²) in [5.41, 5.74) is 2.04. The number of anilines is 1. The second kappa shape index (κ2) is 5.94. The van der Waals surface area contributed by atoms with Crippen molar-refractivity contribution in [3.05, 3.63) is 29.8 Å². The quantitative estimate of drug-likeness (QED) is 0.859. The normalized spacial score (nSPS) is 22.9. The number of likely N-dealkylation sites (tertiary alicyclic amines) is 1. The smallest absolute Gasteiger partial charge is 0.238 e. The summed E-state index contributed by atoms with van der Waals surface area (Å²) in [6.45, 7) is 4.71. The minimum atomic E-state index is 0.0421. The molecule has 2 fully saturated rings. The molecular formula is C16H23N3O. The number of nitrogens with zero attached hydrogens (tertiary/aromatic N) is 1. The van der Waals surface area contributed by atoms with Gasteiger partial charge in [-0.15, -0.1) is 0 Å². The first-order chi connectivity index (χ1) is 9.70. The molecule has 0 radical (unpaired) electrons. The number of rotatable bonds is 5. The van der Waals surface area contributed by atoms with Crippen LogP contribution < -0.4 is 10.6 Å². The lowest BCUT2D eigenvalue weighted by atomic mass is 10.2. The van der Waals surface area contributed by atoms with Crippen LogP contribution in [0.1, 0.15) is 24.8 Å². The number of hydrogen-bond donors (Lipinski definition) is 2. The van der Waals surface area contributed by atoms with Crippen LogP contribution >= 0.6 is 0 Å². The zero-order valence-corrected chi connectivity index (χ0v) is 12.1. The molecule has 20 heavy (non-hydrogen) atoms. The van der Waals surface area contributed by atoms with Crippen molar-refractivity contribution < 1.29 is 4.79 Å². The summed E-state index contributed by atoms with van der Waals surface area (Å²) in [6.07, 6.45) is 3.88. The number of carbonyl (C=O) groups excluding carboxylic acids is 1. The van der Waals surface area contributed by atoms with Gasteiger partial charge in [-0.3, -0.25) is 9.69 Å². The van der Waals surface area contributed by atoms with E-state index in [2.05, 4.69) is 15.5 Å². The first-order valence-corrected chi connectivity index (χ1v) is 7.54. The maximum Gasteiger partial charge on any atom is 0.238 e. The van der Waals surface area contributed by atoms with Crippen molar-refractivity contribution in [2.75, 3.05) is 25.0 Å². The van der Waals surface area contributed by atoms with E-state index in [-0.39, 0.29) is 5.91 Å². The lowest BCUT2D eigenvalue weighted by Gasteiger charge is -2.15. The molecule has 1 unspecified atom stereocenters. The van der Waals surface area contributed by atoms with Crippen LogP contribution in [-0.4, -0.2) is 42.5 Å². The summed E-state index contributed by atoms with van der Waals surface area (Å²) in [4.78, 5) is 14.5. The zero-order valence-electron chi connectivity index (χ0n) is 12.1. The van der Waals surface area contributed by atoms with Gasteiger partial charge in [-0.1, -0.05) is 12.1 Å². The van der Waals surface area contributed by atoms with Gasteiger partial charge in [0.25, 0.3) is 0 Å². The predicted octanol–water partition coefficient (Wildman–Crippen LogP) is 1.76. The van der Waals surface area contributed by atoms with Crippen molar-refractivity contribution in [3.8, 4) is 0 Å². The fourth-order valence-corrected chi connectivity index (χ4v) is 2.89. The fourth-order valence-electron chi connectivity index (χ4n) is 2.89. The van der Waals surface area contributed by atoms with Gasteiger partial charge in [0.2, 0.25) is 5.91 Å². The van der Waals surface area contributed by atoms with Crippen LogP contribution in [0.2, 0.25) is 0 Å². The van der Waals surface area contributed by atoms with Gasteiger partial charge in [-0.25, -0.2) is 0 Å². The predicted molar refractivity (Wildman–Crippen MR) is 80.8 cm³/mol. The van der Waals surface area contributed by atoms with Gasteiger partial charge in [0.05, 0.1) is 6.54 Å². The molecule has 3 rings (SSSR count). The van der Waals surface area contributed by atoms with Crippen molar-refractivity contribution >= 4 is 11.6 Å². The van der Waals surface area contributed by atoms with E-state index in [0.717, 1.165) is 30.3 Å². The largest absolute Gasteiger partial charge is 0.325 e. The third kappa shape index (κ3) is 3.58. The summed E-state index contributed by atoms with van der Waals surface area (Å²) < 4.78 is 0. The molecule has 4 nitrogen and oxygen atoms in total. The minimum absolute atomic E-state index is 0.0421. The van der Waals surface area contributed by atoms with Crippen LogP contribution in [0.3, 0.4) is 0 Å². The number of amides is 1. The number of nitrogens with one attached hydrogen (secondary N) is 2. The van der Waals surface area contributed by atoms with Crippen LogP contribution in [0.15, 0.2) is 24.3 Å². The maximum absolute atomic E-state index is 11.9. The molecule has 2 aliphatic rings. The first-order valence-electron chi connectivity index (χ1n) is 7.54. The van der Waals surface area contributed by atoms with Crippen molar-refractivity contribution in [1.29, 1.82) is 0 Å². The molecule has 0 aromatic heterocycles. The number of aryl methyl sites for hydroxylation is 1. The molecule has 1 amide bonds. The highest BCUT2D eigenvalue weighted by molar-refractivity contribution is 5.92. The lowest BCUT2D eigenvalue weighted by molar-refractivity contribution is -0.115. The highest BCUT2D eigenvalue weighted by Gasteiger charge is 2.34. The Morgan fingerprint density at radius 1 is 1.35 bits per heavy atom. The number of hydrogen-bond acceptors (Lipinski definition) is 3. The average molecular weight is 273 g/mol. The Hall–Kier alpha value is -1.39. The Morgan fingerprint density at radius 3 is 2.95 bits per heavy atom. The SMILES string of the molecule is Cc1cccc(NC(=O)CNC2CCN(C3CC3)C2)c1. The molecule has 1 saturated carbocycles. The summed E-state index contributed by atoms with van der Waals surface area (Å²) in [5.74, 6) is 0.0421. The lowest BCUT2D eigenvalue weighted by Crippen LogP contribution is -2.38. The van der Waals surface area contributed by atoms with Crippen molar-refractivity contribution in [1.82, 2.24) is 10.2 Å². The molecule has 1 heterocycles. The van der Waals surface area contributed by atoms with E-state index in [1.807, 2.05) is 31.2 Å². The molecule has 2 N–H and O–H groups in total. The molecule has 1 atom stereocenters. The Balaban J connectivity index is 1.41. The molecule has 4 heteroatoms. The van der Waals surface area contributed by atoms with E-state index < -0.39 is 0 Å². The monoisotopic (exact) mass is 273 g/mol. The Kier molecular flexibility index (Phi) is 4.03. The Bertz CT molecular complexity index is 484. The van der Waals surface area contributed by atoms with Crippen LogP contribution in [-0.2, 0) is 4.79 Å². The van der Waals surface area contributed by atoms with E-state index >= 15 is 0 Å². The molecule has 1 saturated heterocycles. The van der Waals surface area contributed by atoms with Gasteiger partial charge in [0.1, 0.15) is 0 Å². The van der Waals surface area contributed by atoms with Gasteiger partial charge < -0.3 is 10.6 Å². The molecule has 1 aromatic rings. The maximum atomic E-state index is 11.9. The molecule has 0 spiro atoms. The molecule has 108 valence electrons. The van der Waals surface area contributed by atoms with E-state index in [1.54, 1.807) is 0 Å². The minimum Gasteiger partial charge on any atom is -0.325 e. The van der Waals surface area contributed by atoms with Crippen LogP contribution in [0.5, 0.6) is 0 Å². The Morgan fingerprint density at radius 2 is 2.20 bits per heavy atom. The topological polar surface area (TPSA) is 44.4 Å². The molecule has 0 bridgehead atoms. The van der Waals surface area contributed by atoms with Gasteiger partial charge in [0, 0.05) is 30.9 Å².